The molecule has 1 radical (unpaired) electrons. The number of benzene rings is 2. The van der Waals surface area contributed by atoms with Crippen molar-refractivity contribution in [2.24, 2.45) is 0 Å². The summed E-state index contributed by atoms with van der Waals surface area (Å²) in [4.78, 5) is 17.0. The molecule has 0 saturated heterocycles. The van der Waals surface area contributed by atoms with Gasteiger partial charge < -0.3 is 19.0 Å². The van der Waals surface area contributed by atoms with Gasteiger partial charge >= 0.3 is 0 Å². The van der Waals surface area contributed by atoms with Crippen LogP contribution in [0.3, 0.4) is 0 Å². The second-order valence-electron chi connectivity index (χ2n) is 11.2. The number of furan rings is 1. The van der Waals surface area contributed by atoms with E-state index in [1.165, 1.54) is 24.4 Å². The van der Waals surface area contributed by atoms with Gasteiger partial charge in [-0.1, -0.05) is 66.9 Å². The van der Waals surface area contributed by atoms with Gasteiger partial charge in [0.05, 0.1) is 24.9 Å². The Bertz CT molecular complexity index is 2390. The van der Waals surface area contributed by atoms with Crippen LogP contribution in [0, 0.1) is 37.7 Å². The molecule has 0 bridgehead atoms. The van der Waals surface area contributed by atoms with Crippen molar-refractivity contribution in [3.05, 3.63) is 102 Å². The molecule has 5 aromatic heterocycles. The number of fused-ring (bicyclic) bond motifs is 4. The molecule has 7 aromatic rings. The molecule has 0 fully saturated rings. The Morgan fingerprint density at radius 3 is 2.51 bits per heavy atom. The Kier molecular flexibility index (Phi) is 7.10. The van der Waals surface area contributed by atoms with Crippen LogP contribution in [0.15, 0.2) is 71.3 Å². The van der Waals surface area contributed by atoms with Gasteiger partial charge in [-0.25, -0.2) is 0 Å². The fraction of sp³-hybridized carbons (Fsp3) is 0.200. The molecule has 0 aliphatic heterocycles. The molecule has 0 spiro atoms. The first-order valence-electron chi connectivity index (χ1n) is 16.9. The number of pyridine rings is 3. The largest absolute Gasteiger partial charge is 0.467 e. The fourth-order valence-electron chi connectivity index (χ4n) is 5.04. The van der Waals surface area contributed by atoms with Gasteiger partial charge in [0.15, 0.2) is 0 Å². The summed E-state index contributed by atoms with van der Waals surface area (Å²) in [7, 11) is -1.98. The molecular formula is C35H31F2IrN5OSi-2. The van der Waals surface area contributed by atoms with Crippen LogP contribution in [-0.4, -0.2) is 32.6 Å². The minimum absolute atomic E-state index is 0. The van der Waals surface area contributed by atoms with E-state index >= 15 is 0 Å². The maximum atomic E-state index is 14.7. The standard InChI is InChI=1S/C19H12FN4O.C16H19FNSi.Ir/c1-2-24-15-6-4-3-5-14(15)22-17(24)11-9-13-12-7-8-16(20)23-19(12)25-18(13)21-10-11;1-11-7-6-8-13(16(11)17)14-9-12(2)15(10-18-14)19(3,4)5;/h3-9H,2H2,1H3;6-7,9-10H,1-5H3;/q2*-1;/i;1D3,2D3;. The summed E-state index contributed by atoms with van der Waals surface area (Å²) in [5, 5.41) is 2.16. The molecule has 0 aliphatic rings. The number of hydrogen-bond acceptors (Lipinski definition) is 5. The van der Waals surface area contributed by atoms with E-state index in [1.807, 2.05) is 50.0 Å². The topological polar surface area (TPSA) is 69.6 Å². The number of aromatic nitrogens is 5. The zero-order valence-corrected chi connectivity index (χ0v) is 28.2. The summed E-state index contributed by atoms with van der Waals surface area (Å²) in [6.45, 7) is 3.87. The SMILES string of the molecule is CCn1c(-c2[c-]nc3oc4nc(F)ccc4c3c2)nc2ccccc21.[2H]C([2H])([2H])c1cc(-c2[c-]ccc(C([2H])([2H])[2H])c2F)ncc1[Si](C)(C)C.[Ir]. The van der Waals surface area contributed by atoms with Gasteiger partial charge in [0, 0.05) is 52.3 Å². The van der Waals surface area contributed by atoms with E-state index in [-0.39, 0.29) is 42.6 Å². The van der Waals surface area contributed by atoms with Crippen molar-refractivity contribution in [2.75, 3.05) is 0 Å². The normalized spacial score (nSPS) is 14.0. The average Bonchev–Trinajstić information content (AvgIpc) is 3.60. The quantitative estimate of drug-likeness (QED) is 0.102. The van der Waals surface area contributed by atoms with Crippen LogP contribution in [0.5, 0.6) is 0 Å². The smallest absolute Gasteiger partial charge is 0.220 e. The van der Waals surface area contributed by atoms with Crippen molar-refractivity contribution < 1.29 is 41.5 Å². The van der Waals surface area contributed by atoms with Crippen molar-refractivity contribution in [1.82, 2.24) is 24.5 Å². The van der Waals surface area contributed by atoms with Crippen LogP contribution < -0.4 is 5.19 Å². The Hall–Kier alpha value is -4.11. The van der Waals surface area contributed by atoms with Gasteiger partial charge in [-0.15, -0.1) is 24.3 Å². The molecule has 0 N–H and O–H groups in total. The molecule has 7 rings (SSSR count). The average molecular weight is 802 g/mol. The minimum atomic E-state index is -2.61. The second kappa shape index (κ2) is 12.7. The zero-order chi connectivity index (χ0) is 36.2. The molecule has 2 aromatic carbocycles. The van der Waals surface area contributed by atoms with Crippen molar-refractivity contribution in [3.8, 4) is 22.6 Å². The van der Waals surface area contributed by atoms with E-state index in [0.717, 1.165) is 45.8 Å². The Balaban J connectivity index is 0.000000194. The van der Waals surface area contributed by atoms with E-state index in [2.05, 4.69) is 38.7 Å². The van der Waals surface area contributed by atoms with Crippen LogP contribution in [0.4, 0.5) is 8.78 Å². The fourth-order valence-corrected chi connectivity index (χ4v) is 6.38. The van der Waals surface area contributed by atoms with E-state index in [0.29, 0.717) is 10.9 Å². The molecule has 6 nitrogen and oxygen atoms in total. The summed E-state index contributed by atoms with van der Waals surface area (Å²) < 4.78 is 81.2. The Morgan fingerprint density at radius 1 is 0.956 bits per heavy atom. The summed E-state index contributed by atoms with van der Waals surface area (Å²) in [6, 6.07) is 19.3. The summed E-state index contributed by atoms with van der Waals surface area (Å²) >= 11 is 0. The summed E-state index contributed by atoms with van der Waals surface area (Å²) in [5.74, 6) is -0.738. The monoisotopic (exact) mass is 802 g/mol. The van der Waals surface area contributed by atoms with E-state index < -0.39 is 39.1 Å². The first kappa shape index (κ1) is 25.1. The number of halogens is 2. The maximum Gasteiger partial charge on any atom is 0.220 e. The Labute approximate surface area is 283 Å². The van der Waals surface area contributed by atoms with Gasteiger partial charge in [-0.05, 0) is 60.5 Å². The van der Waals surface area contributed by atoms with Crippen LogP contribution in [0.1, 0.15) is 26.3 Å². The molecule has 5 heterocycles. The van der Waals surface area contributed by atoms with Gasteiger partial charge in [-0.3, -0.25) is 9.37 Å². The maximum absolute atomic E-state index is 14.7. The third-order valence-electron chi connectivity index (χ3n) is 7.22. The first-order chi connectivity index (χ1) is 23.5. The van der Waals surface area contributed by atoms with Gasteiger partial charge in [-0.2, -0.15) is 9.37 Å². The molecule has 0 aliphatic carbocycles. The van der Waals surface area contributed by atoms with Gasteiger partial charge in [0.1, 0.15) is 5.71 Å². The molecule has 0 atom stereocenters. The molecule has 0 amide bonds. The summed E-state index contributed by atoms with van der Waals surface area (Å²) in [6.07, 6.45) is 4.46. The summed E-state index contributed by atoms with van der Waals surface area (Å²) in [5.41, 5.74) is 2.99. The number of rotatable bonds is 4. The first-order valence-corrected chi connectivity index (χ1v) is 17.4. The number of imidazole rings is 1. The predicted molar refractivity (Wildman–Crippen MR) is 173 cm³/mol. The molecule has 0 unspecified atom stereocenters. The molecule has 231 valence electrons. The third kappa shape index (κ3) is 6.23. The van der Waals surface area contributed by atoms with Gasteiger partial charge in [0.25, 0.3) is 0 Å². The van der Waals surface area contributed by atoms with Crippen molar-refractivity contribution >= 4 is 46.5 Å². The molecular weight excluding hydrogens is 765 g/mol. The minimum Gasteiger partial charge on any atom is -0.467 e. The number of hydrogen-bond donors (Lipinski definition) is 0. The Morgan fingerprint density at radius 2 is 1.76 bits per heavy atom. The number of para-hydroxylation sites is 2. The van der Waals surface area contributed by atoms with E-state index in [4.69, 9.17) is 17.6 Å². The second-order valence-corrected chi connectivity index (χ2v) is 16.2. The van der Waals surface area contributed by atoms with Crippen molar-refractivity contribution in [1.29, 1.82) is 0 Å². The van der Waals surface area contributed by atoms with Crippen LogP contribution in [0.25, 0.3) is 55.9 Å². The number of aryl methyl sites for hydroxylation is 3. The predicted octanol–water partition coefficient (Wildman–Crippen LogP) is 8.20. The van der Waals surface area contributed by atoms with Gasteiger partial charge in [0.2, 0.25) is 11.7 Å². The van der Waals surface area contributed by atoms with Crippen LogP contribution in [-0.2, 0) is 26.7 Å². The van der Waals surface area contributed by atoms with Crippen molar-refractivity contribution in [2.45, 2.75) is 46.8 Å². The number of nitrogens with zero attached hydrogens (tertiary/aromatic N) is 5. The molecule has 10 heteroatoms. The van der Waals surface area contributed by atoms with E-state index in [1.54, 1.807) is 6.07 Å². The van der Waals surface area contributed by atoms with Crippen LogP contribution >= 0.6 is 0 Å². The van der Waals surface area contributed by atoms with Crippen LogP contribution in [0.2, 0.25) is 19.6 Å². The third-order valence-corrected chi connectivity index (χ3v) is 9.23. The van der Waals surface area contributed by atoms with E-state index in [9.17, 15) is 8.78 Å². The zero-order valence-electron chi connectivity index (χ0n) is 30.8. The van der Waals surface area contributed by atoms with Crippen molar-refractivity contribution in [3.63, 3.8) is 0 Å². The molecule has 45 heavy (non-hydrogen) atoms. The molecule has 0 saturated carbocycles.